The number of methoxy groups -OCH3 is 3. The lowest BCUT2D eigenvalue weighted by molar-refractivity contribution is -0.265. The van der Waals surface area contributed by atoms with Gasteiger partial charge in [-0.15, -0.1) is 0 Å². The van der Waals surface area contributed by atoms with Crippen molar-refractivity contribution in [2.24, 2.45) is 41.4 Å². The Labute approximate surface area is 406 Å². The van der Waals surface area contributed by atoms with Crippen LogP contribution in [0.3, 0.4) is 0 Å². The van der Waals surface area contributed by atoms with Gasteiger partial charge < -0.3 is 38.8 Å². The number of aliphatic hydroxyl groups excluding tert-OH is 1. The van der Waals surface area contributed by atoms with Crippen molar-refractivity contribution in [1.29, 1.82) is 0 Å². The molecule has 3 unspecified atom stereocenters. The number of amides is 1. The van der Waals surface area contributed by atoms with Crippen LogP contribution < -0.4 is 0 Å². The van der Waals surface area contributed by atoms with Crippen LogP contribution in [0, 0.1) is 41.4 Å². The summed E-state index contributed by atoms with van der Waals surface area (Å²) in [4.78, 5) is 72.2. The van der Waals surface area contributed by atoms with E-state index in [2.05, 4.69) is 0 Å². The minimum atomic E-state index is -2.43. The second kappa shape index (κ2) is 26.8. The van der Waals surface area contributed by atoms with Gasteiger partial charge in [-0.05, 0) is 107 Å². The van der Waals surface area contributed by atoms with Gasteiger partial charge in [0.1, 0.15) is 36.8 Å². The molecular weight excluding hydrogens is 890 g/mol. The summed E-state index contributed by atoms with van der Waals surface area (Å²) in [5.74, 6) is -7.68. The monoisotopic (exact) mass is 973 g/mol. The molecule has 1 aliphatic carbocycles. The number of ether oxygens (including phenoxy) is 5. The molecule has 3 fully saturated rings. The lowest BCUT2D eigenvalue weighted by Crippen LogP contribution is -2.61. The number of ketones is 3. The molecule has 2 saturated heterocycles. The summed E-state index contributed by atoms with van der Waals surface area (Å²) >= 11 is 0. The SMILES string of the molecule is CO[C@H]1C[C@@H]2CC[C@@H](C)[C@@](O)(O2)C(=O)C(=O)N2CCCC[C@H]2C(=O)OC([C@H](C)C[C@@H]2CCC(C[P+](C)=O)[C@H](OC)C2)CC(=O)[C@H](C)/C=C(\C)[C@@H](O)[C@@H](OC)C(=O)[C@H](C)C[C@H](C)/C=C/C=CC=C1C. The number of hydrogen-bond donors (Lipinski definition) is 2. The van der Waals surface area contributed by atoms with Crippen LogP contribution in [-0.2, 0) is 52.2 Å². The van der Waals surface area contributed by atoms with Crippen molar-refractivity contribution in [1.82, 2.24) is 4.90 Å². The molecular formula is C53H83NO13P+. The Balaban J connectivity index is 1.70. The maximum atomic E-state index is 14.5. The predicted octanol–water partition coefficient (Wildman–Crippen LogP) is 7.89. The van der Waals surface area contributed by atoms with Gasteiger partial charge in [-0.2, -0.15) is 0 Å². The van der Waals surface area contributed by atoms with E-state index >= 15 is 0 Å². The average molecular weight is 973 g/mol. The lowest BCUT2D eigenvalue weighted by atomic mass is 9.75. The van der Waals surface area contributed by atoms with Crippen molar-refractivity contribution in [3.8, 4) is 0 Å². The van der Waals surface area contributed by atoms with Gasteiger partial charge in [-0.3, -0.25) is 19.2 Å². The van der Waals surface area contributed by atoms with Crippen molar-refractivity contribution in [2.45, 2.75) is 174 Å². The summed E-state index contributed by atoms with van der Waals surface area (Å²) in [5.41, 5.74) is 1.27. The second-order valence-electron chi connectivity index (χ2n) is 20.6. The van der Waals surface area contributed by atoms with Crippen LogP contribution in [0.2, 0.25) is 0 Å². The highest BCUT2D eigenvalue weighted by atomic mass is 31.1. The molecule has 14 nitrogen and oxygen atoms in total. The number of Topliss-reactive ketones (excluding diaryl/α,β-unsaturated/α-hetero) is 3. The van der Waals surface area contributed by atoms with Gasteiger partial charge in [-0.1, -0.05) is 75.6 Å². The molecule has 0 spiro atoms. The third-order valence-electron chi connectivity index (χ3n) is 15.1. The molecule has 15 heteroatoms. The molecule has 68 heavy (non-hydrogen) atoms. The van der Waals surface area contributed by atoms with E-state index in [1.54, 1.807) is 47.7 Å². The molecule has 2 bridgehead atoms. The van der Waals surface area contributed by atoms with E-state index in [4.69, 9.17) is 23.7 Å². The maximum Gasteiger partial charge on any atom is 0.335 e. The van der Waals surface area contributed by atoms with Crippen LogP contribution in [0.25, 0.3) is 0 Å². The summed E-state index contributed by atoms with van der Waals surface area (Å²) in [6, 6.07) is -1.14. The van der Waals surface area contributed by atoms with Gasteiger partial charge in [0, 0.05) is 64.4 Å². The number of rotatable bonds is 8. The number of allylic oxidation sites excluding steroid dienone is 6. The van der Waals surface area contributed by atoms with Gasteiger partial charge in [0.15, 0.2) is 11.9 Å². The van der Waals surface area contributed by atoms with E-state index in [9.17, 15) is 38.8 Å². The number of fused-ring (bicyclic) bond motifs is 3. The lowest BCUT2D eigenvalue weighted by Gasteiger charge is -2.42. The first-order valence-corrected chi connectivity index (χ1v) is 26.9. The molecule has 1 saturated carbocycles. The third-order valence-corrected chi connectivity index (χ3v) is 16.1. The van der Waals surface area contributed by atoms with Crippen molar-refractivity contribution in [3.05, 3.63) is 47.6 Å². The summed E-state index contributed by atoms with van der Waals surface area (Å²) in [5, 5.41) is 23.5. The quantitative estimate of drug-likeness (QED) is 0.103. The highest BCUT2D eigenvalue weighted by molar-refractivity contribution is 7.43. The van der Waals surface area contributed by atoms with E-state index in [1.807, 2.05) is 58.1 Å². The first-order valence-electron chi connectivity index (χ1n) is 25.0. The van der Waals surface area contributed by atoms with E-state index in [-0.39, 0.29) is 60.7 Å². The number of carbonyl (C=O) groups excluding carboxylic acids is 5. The zero-order valence-electron chi connectivity index (χ0n) is 42.7. The molecule has 3 heterocycles. The van der Waals surface area contributed by atoms with Crippen LogP contribution in [0.4, 0.5) is 0 Å². The van der Waals surface area contributed by atoms with Crippen LogP contribution in [0.15, 0.2) is 47.6 Å². The maximum absolute atomic E-state index is 14.5. The number of cyclic esters (lactones) is 1. The standard InChI is InChI=1S/C53H83NO13P/c1-32-17-13-12-14-18-33(2)44(63-8)29-41-23-20-38(7)53(61,67-41)50(58)51(59)54-24-16-15-19-42(54)52(60)66-45(35(4)27-39-21-22-40(31-68(11)62)46(28-39)64-9)30-43(55)34(3)26-37(6)48(57)49(65-10)47(56)36(5)25-32/h12-14,17-18,26,32,34-36,38-42,44-46,48-49,57,61H,15-16,19-25,27-31H2,1-11H3/q+1/b14-12?,17-13+,33-18?,37-26+/t32-,34-,35-,36-,38-,39+,40?,41+,42+,44+,45?,46-,48-,49+,53-/m1/s1. The summed E-state index contributed by atoms with van der Waals surface area (Å²) in [6.07, 6.45) is 13.3. The third kappa shape index (κ3) is 15.4. The molecule has 382 valence electrons. The van der Waals surface area contributed by atoms with Gasteiger partial charge in [0.2, 0.25) is 5.79 Å². The summed E-state index contributed by atoms with van der Waals surface area (Å²) in [7, 11) is 3.30. The number of aliphatic hydroxyl groups is 2. The van der Waals surface area contributed by atoms with Crippen LogP contribution in [0.5, 0.6) is 0 Å². The van der Waals surface area contributed by atoms with E-state index in [1.165, 1.54) is 12.0 Å². The fourth-order valence-electron chi connectivity index (χ4n) is 10.8. The van der Waals surface area contributed by atoms with Gasteiger partial charge in [-0.25, -0.2) is 4.79 Å². The Kier molecular flexibility index (Phi) is 22.6. The Bertz CT molecular complexity index is 1880. The van der Waals surface area contributed by atoms with Crippen LogP contribution in [-0.4, -0.2) is 133 Å². The number of hydrogen-bond acceptors (Lipinski definition) is 13. The van der Waals surface area contributed by atoms with Gasteiger partial charge in [0.25, 0.3) is 11.7 Å². The van der Waals surface area contributed by atoms with Gasteiger partial charge in [0.05, 0.1) is 18.3 Å². The summed E-state index contributed by atoms with van der Waals surface area (Å²) in [6.45, 7) is 14.5. The molecule has 1 amide bonds. The largest absolute Gasteiger partial charge is 0.460 e. The zero-order chi connectivity index (χ0) is 50.5. The van der Waals surface area contributed by atoms with E-state index < -0.39 is 85.6 Å². The Hall–Kier alpha value is -3.23. The number of nitrogens with zero attached hydrogens (tertiary/aromatic N) is 1. The second-order valence-corrected chi connectivity index (χ2v) is 22.2. The van der Waals surface area contributed by atoms with Crippen molar-refractivity contribution >= 4 is 37.0 Å². The Morgan fingerprint density at radius 1 is 0.882 bits per heavy atom. The highest BCUT2D eigenvalue weighted by Gasteiger charge is 2.53. The van der Waals surface area contributed by atoms with Crippen LogP contribution in [0.1, 0.15) is 126 Å². The smallest absolute Gasteiger partial charge is 0.335 e. The topological polar surface area (TPSA) is 192 Å². The van der Waals surface area contributed by atoms with Gasteiger partial charge >= 0.3 is 13.8 Å². The van der Waals surface area contributed by atoms with Crippen molar-refractivity contribution in [3.63, 3.8) is 0 Å². The number of carbonyl (C=O) groups is 5. The summed E-state index contributed by atoms with van der Waals surface area (Å²) < 4.78 is 42.0. The Morgan fingerprint density at radius 3 is 2.26 bits per heavy atom. The molecule has 16 atom stereocenters. The number of esters is 1. The zero-order valence-corrected chi connectivity index (χ0v) is 43.6. The molecule has 4 rings (SSSR count). The first-order chi connectivity index (χ1) is 32.1. The van der Waals surface area contributed by atoms with Crippen molar-refractivity contribution < 1.29 is 62.4 Å². The van der Waals surface area contributed by atoms with Crippen molar-refractivity contribution in [2.75, 3.05) is 40.7 Å². The molecule has 0 aromatic heterocycles. The molecule has 4 aliphatic rings. The van der Waals surface area contributed by atoms with Crippen LogP contribution >= 0.6 is 7.80 Å². The minimum Gasteiger partial charge on any atom is -0.460 e. The molecule has 0 radical (unpaired) electrons. The fourth-order valence-corrected chi connectivity index (χ4v) is 11.8. The molecule has 0 aromatic rings. The average Bonchev–Trinajstić information content (AvgIpc) is 3.30. The van der Waals surface area contributed by atoms with E-state index in [0.29, 0.717) is 56.7 Å². The fraction of sp³-hybridized carbons (Fsp3) is 0.755. The molecule has 3 aliphatic heterocycles. The number of piperidine rings is 1. The highest BCUT2D eigenvalue weighted by Crippen LogP contribution is 2.40. The normalized spacial score (nSPS) is 38.1. The molecule has 2 N–H and O–H groups in total. The Morgan fingerprint density at radius 2 is 1.60 bits per heavy atom. The van der Waals surface area contributed by atoms with E-state index in [0.717, 1.165) is 24.8 Å². The predicted molar refractivity (Wildman–Crippen MR) is 261 cm³/mol. The minimum absolute atomic E-state index is 0.0181. The first kappa shape index (κ1) is 57.3. The molecule has 0 aromatic carbocycles.